The van der Waals surface area contributed by atoms with Crippen LogP contribution >= 0.6 is 11.6 Å². The summed E-state index contributed by atoms with van der Waals surface area (Å²) in [6, 6.07) is 18.5. The molecular weight excluding hydrogens is 310 g/mol. The minimum Gasteiger partial charge on any atom is -0.323 e. The summed E-state index contributed by atoms with van der Waals surface area (Å²) >= 11 is 5.79. The number of hydrogen-bond acceptors (Lipinski definition) is 2. The monoisotopic (exact) mass is 323 g/mol. The van der Waals surface area contributed by atoms with Crippen LogP contribution in [0.15, 0.2) is 78.2 Å². The van der Waals surface area contributed by atoms with Gasteiger partial charge in [0.2, 0.25) is 0 Å². The first-order valence-electron chi connectivity index (χ1n) is 7.05. The molecule has 3 rings (SSSR count). The van der Waals surface area contributed by atoms with E-state index in [0.29, 0.717) is 10.6 Å². The molecule has 114 valence electrons. The second-order valence-electron chi connectivity index (χ2n) is 4.89. The van der Waals surface area contributed by atoms with E-state index in [-0.39, 0.29) is 5.91 Å². The van der Waals surface area contributed by atoms with Crippen molar-refractivity contribution in [2.75, 3.05) is 0 Å². The Morgan fingerprint density at radius 1 is 1.04 bits per heavy atom. The average Bonchev–Trinajstić information content (AvgIpc) is 3.05. The van der Waals surface area contributed by atoms with Gasteiger partial charge < -0.3 is 4.57 Å². The van der Waals surface area contributed by atoms with Crippen LogP contribution in [0, 0.1) is 0 Å². The topological polar surface area (TPSA) is 46.4 Å². The number of hydrazone groups is 1. The molecule has 4 nitrogen and oxygen atoms in total. The number of aromatic nitrogens is 1. The molecule has 1 N–H and O–H groups in total. The van der Waals surface area contributed by atoms with Gasteiger partial charge >= 0.3 is 0 Å². The largest absolute Gasteiger partial charge is 0.323 e. The Morgan fingerprint density at radius 2 is 1.78 bits per heavy atom. The van der Waals surface area contributed by atoms with Crippen molar-refractivity contribution in [2.24, 2.45) is 5.10 Å². The van der Waals surface area contributed by atoms with Crippen molar-refractivity contribution >= 4 is 23.7 Å². The number of halogens is 1. The third-order valence-corrected chi connectivity index (χ3v) is 3.51. The SMILES string of the molecule is O=C(N/N=C\c1ccn(-c2ccccc2)c1)c1ccc(Cl)cc1. The van der Waals surface area contributed by atoms with Crippen LogP contribution in [0.25, 0.3) is 5.69 Å². The van der Waals surface area contributed by atoms with Gasteiger partial charge in [0.25, 0.3) is 5.91 Å². The highest BCUT2D eigenvalue weighted by Crippen LogP contribution is 2.10. The second kappa shape index (κ2) is 6.94. The van der Waals surface area contributed by atoms with Crippen molar-refractivity contribution in [3.63, 3.8) is 0 Å². The average molecular weight is 324 g/mol. The Balaban J connectivity index is 1.63. The predicted octanol–water partition coefficient (Wildman–Crippen LogP) is 3.89. The van der Waals surface area contributed by atoms with Crippen LogP contribution in [0.2, 0.25) is 5.02 Å². The summed E-state index contributed by atoms with van der Waals surface area (Å²) in [7, 11) is 0. The van der Waals surface area contributed by atoms with Crippen LogP contribution in [0.3, 0.4) is 0 Å². The molecule has 1 aromatic heterocycles. The Labute approximate surface area is 139 Å². The molecule has 0 aliphatic rings. The fourth-order valence-corrected chi connectivity index (χ4v) is 2.21. The fraction of sp³-hybridized carbons (Fsp3) is 0. The van der Waals surface area contributed by atoms with Crippen LogP contribution in [-0.2, 0) is 0 Å². The van der Waals surface area contributed by atoms with Crippen LogP contribution in [0.4, 0.5) is 0 Å². The predicted molar refractivity (Wildman–Crippen MR) is 92.3 cm³/mol. The van der Waals surface area contributed by atoms with Crippen LogP contribution in [0.1, 0.15) is 15.9 Å². The van der Waals surface area contributed by atoms with Crippen molar-refractivity contribution in [3.8, 4) is 5.69 Å². The van der Waals surface area contributed by atoms with Crippen molar-refractivity contribution in [1.29, 1.82) is 0 Å². The van der Waals surface area contributed by atoms with Crippen molar-refractivity contribution in [2.45, 2.75) is 0 Å². The summed E-state index contributed by atoms with van der Waals surface area (Å²) in [5, 5.41) is 4.57. The van der Waals surface area contributed by atoms with Crippen LogP contribution < -0.4 is 5.43 Å². The maximum Gasteiger partial charge on any atom is 0.271 e. The Bertz CT molecular complexity index is 823. The lowest BCUT2D eigenvalue weighted by Crippen LogP contribution is -2.17. The zero-order valence-corrected chi connectivity index (χ0v) is 12.9. The first kappa shape index (κ1) is 15.1. The lowest BCUT2D eigenvalue weighted by Gasteiger charge is -2.00. The zero-order valence-electron chi connectivity index (χ0n) is 12.2. The van der Waals surface area contributed by atoms with Crippen LogP contribution in [0.5, 0.6) is 0 Å². The van der Waals surface area contributed by atoms with E-state index in [4.69, 9.17) is 11.6 Å². The normalized spacial score (nSPS) is 10.8. The van der Waals surface area contributed by atoms with Crippen molar-refractivity contribution in [1.82, 2.24) is 9.99 Å². The minimum atomic E-state index is -0.277. The number of rotatable bonds is 4. The van der Waals surface area contributed by atoms with Gasteiger partial charge in [-0.2, -0.15) is 5.10 Å². The Morgan fingerprint density at radius 3 is 2.52 bits per heavy atom. The molecule has 3 aromatic rings. The standard InChI is InChI=1S/C18H14ClN3O/c19-16-8-6-15(7-9-16)18(23)21-20-12-14-10-11-22(13-14)17-4-2-1-3-5-17/h1-13H,(H,21,23)/b20-12-. The maximum absolute atomic E-state index is 11.9. The molecule has 0 atom stereocenters. The molecule has 0 unspecified atom stereocenters. The van der Waals surface area contributed by atoms with Gasteiger partial charge in [0.15, 0.2) is 0 Å². The van der Waals surface area contributed by atoms with Gasteiger partial charge in [0.05, 0.1) is 6.21 Å². The van der Waals surface area contributed by atoms with Gasteiger partial charge in [-0.25, -0.2) is 5.43 Å². The molecule has 0 radical (unpaired) electrons. The third kappa shape index (κ3) is 3.87. The summed E-state index contributed by atoms with van der Waals surface area (Å²) in [4.78, 5) is 11.9. The summed E-state index contributed by atoms with van der Waals surface area (Å²) in [5.74, 6) is -0.277. The third-order valence-electron chi connectivity index (χ3n) is 3.26. The molecule has 23 heavy (non-hydrogen) atoms. The molecule has 2 aromatic carbocycles. The first-order chi connectivity index (χ1) is 11.2. The number of benzene rings is 2. The van der Waals surface area contributed by atoms with E-state index < -0.39 is 0 Å². The van der Waals surface area contributed by atoms with E-state index in [1.54, 1.807) is 30.5 Å². The van der Waals surface area contributed by atoms with Gasteiger partial charge in [-0.1, -0.05) is 29.8 Å². The highest BCUT2D eigenvalue weighted by molar-refractivity contribution is 6.30. The van der Waals surface area contributed by atoms with Crippen molar-refractivity contribution < 1.29 is 4.79 Å². The minimum absolute atomic E-state index is 0.277. The highest BCUT2D eigenvalue weighted by atomic mass is 35.5. The van der Waals surface area contributed by atoms with Gasteiger partial charge in [-0.15, -0.1) is 0 Å². The number of nitrogens with zero attached hydrogens (tertiary/aromatic N) is 2. The second-order valence-corrected chi connectivity index (χ2v) is 5.33. The summed E-state index contributed by atoms with van der Waals surface area (Å²) in [6.45, 7) is 0. The lowest BCUT2D eigenvalue weighted by molar-refractivity contribution is 0.0955. The van der Waals surface area contributed by atoms with Gasteiger partial charge in [-0.3, -0.25) is 4.79 Å². The number of carbonyl (C=O) groups excluding carboxylic acids is 1. The van der Waals surface area contributed by atoms with E-state index in [0.717, 1.165) is 11.3 Å². The number of nitrogens with one attached hydrogen (secondary N) is 1. The molecule has 1 amide bonds. The molecular formula is C18H14ClN3O. The molecule has 5 heteroatoms. The smallest absolute Gasteiger partial charge is 0.271 e. The summed E-state index contributed by atoms with van der Waals surface area (Å²) in [5.41, 5.74) is 4.96. The van der Waals surface area contributed by atoms with E-state index >= 15 is 0 Å². The van der Waals surface area contributed by atoms with E-state index in [1.165, 1.54) is 0 Å². The lowest BCUT2D eigenvalue weighted by atomic mass is 10.2. The van der Waals surface area contributed by atoms with Crippen LogP contribution in [-0.4, -0.2) is 16.7 Å². The number of amides is 1. The Hall–Kier alpha value is -2.85. The first-order valence-corrected chi connectivity index (χ1v) is 7.42. The molecule has 0 saturated heterocycles. The number of hydrogen-bond donors (Lipinski definition) is 1. The summed E-state index contributed by atoms with van der Waals surface area (Å²) in [6.07, 6.45) is 5.48. The van der Waals surface area contributed by atoms with Gasteiger partial charge in [0, 0.05) is 34.2 Å². The van der Waals surface area contributed by atoms with E-state index in [1.807, 2.05) is 53.4 Å². The highest BCUT2D eigenvalue weighted by Gasteiger charge is 2.03. The quantitative estimate of drug-likeness (QED) is 0.574. The number of para-hydroxylation sites is 1. The van der Waals surface area contributed by atoms with E-state index in [2.05, 4.69) is 10.5 Å². The van der Waals surface area contributed by atoms with Gasteiger partial charge in [-0.05, 0) is 42.5 Å². The Kier molecular flexibility index (Phi) is 4.54. The molecule has 0 saturated carbocycles. The van der Waals surface area contributed by atoms with Gasteiger partial charge in [0.1, 0.15) is 0 Å². The molecule has 0 spiro atoms. The molecule has 0 bridgehead atoms. The zero-order chi connectivity index (χ0) is 16.1. The molecule has 0 aliphatic heterocycles. The maximum atomic E-state index is 11.9. The fourth-order valence-electron chi connectivity index (χ4n) is 2.08. The molecule has 0 fully saturated rings. The molecule has 1 heterocycles. The number of carbonyl (C=O) groups is 1. The summed E-state index contributed by atoms with van der Waals surface area (Å²) < 4.78 is 1.99. The molecule has 0 aliphatic carbocycles. The van der Waals surface area contributed by atoms with Crippen molar-refractivity contribution in [3.05, 3.63) is 89.2 Å². The van der Waals surface area contributed by atoms with E-state index in [9.17, 15) is 4.79 Å².